The fourth-order valence-electron chi connectivity index (χ4n) is 1.95. The second kappa shape index (κ2) is 3.05. The van der Waals surface area contributed by atoms with Crippen LogP contribution in [0.25, 0.3) is 0 Å². The SMILES string of the molecule is C(=C1CO1)N1CCc2ccccc2C1. The van der Waals surface area contributed by atoms with Crippen molar-refractivity contribution >= 4 is 0 Å². The third-order valence-corrected chi connectivity index (χ3v) is 2.80. The van der Waals surface area contributed by atoms with Crippen LogP contribution in [0.4, 0.5) is 0 Å². The molecular weight excluding hydrogens is 174 g/mol. The molecule has 0 atom stereocenters. The van der Waals surface area contributed by atoms with Crippen LogP contribution >= 0.6 is 0 Å². The van der Waals surface area contributed by atoms with Crippen LogP contribution < -0.4 is 0 Å². The zero-order chi connectivity index (χ0) is 9.38. The van der Waals surface area contributed by atoms with Gasteiger partial charge in [0.25, 0.3) is 0 Å². The Morgan fingerprint density at radius 2 is 2.00 bits per heavy atom. The van der Waals surface area contributed by atoms with Gasteiger partial charge in [-0.2, -0.15) is 0 Å². The first-order valence-electron chi connectivity index (χ1n) is 5.06. The Labute approximate surface area is 83.8 Å². The van der Waals surface area contributed by atoms with Crippen molar-refractivity contribution in [3.05, 3.63) is 47.4 Å². The molecule has 0 N–H and O–H groups in total. The van der Waals surface area contributed by atoms with E-state index in [-0.39, 0.29) is 0 Å². The average molecular weight is 187 g/mol. The van der Waals surface area contributed by atoms with Gasteiger partial charge in [-0.15, -0.1) is 0 Å². The summed E-state index contributed by atoms with van der Waals surface area (Å²) in [4.78, 5) is 2.34. The summed E-state index contributed by atoms with van der Waals surface area (Å²) in [6.07, 6.45) is 3.30. The highest BCUT2D eigenvalue weighted by Gasteiger charge is 2.18. The second-order valence-corrected chi connectivity index (χ2v) is 3.87. The van der Waals surface area contributed by atoms with Crippen LogP contribution in [0.3, 0.4) is 0 Å². The second-order valence-electron chi connectivity index (χ2n) is 3.87. The maximum atomic E-state index is 5.12. The number of epoxide rings is 1. The highest BCUT2D eigenvalue weighted by atomic mass is 16.6. The zero-order valence-corrected chi connectivity index (χ0v) is 8.07. The fraction of sp³-hybridized carbons (Fsp3) is 0.333. The Morgan fingerprint density at radius 3 is 2.79 bits per heavy atom. The largest absolute Gasteiger partial charge is 0.485 e. The molecule has 72 valence electrons. The standard InChI is InChI=1S/C12H13NO/c1-2-4-11-7-13(8-12-9-14-12)6-5-10(11)3-1/h1-4,8H,5-7,9H2. The normalized spacial score (nSPS) is 21.7. The molecule has 1 aromatic carbocycles. The first kappa shape index (κ1) is 7.92. The molecule has 2 heterocycles. The van der Waals surface area contributed by atoms with E-state index in [4.69, 9.17) is 4.74 Å². The maximum absolute atomic E-state index is 5.12. The van der Waals surface area contributed by atoms with E-state index in [0.717, 1.165) is 31.9 Å². The Hall–Kier alpha value is -1.44. The number of ether oxygens (including phenoxy) is 1. The van der Waals surface area contributed by atoms with Crippen LogP contribution in [-0.4, -0.2) is 18.1 Å². The average Bonchev–Trinajstić information content (AvgIpc) is 3.02. The molecule has 2 nitrogen and oxygen atoms in total. The van der Waals surface area contributed by atoms with Gasteiger partial charge in [-0.1, -0.05) is 24.3 Å². The summed E-state index contributed by atoms with van der Waals surface area (Å²) < 4.78 is 5.12. The van der Waals surface area contributed by atoms with Crippen LogP contribution in [0.2, 0.25) is 0 Å². The summed E-state index contributed by atoms with van der Waals surface area (Å²) in [6, 6.07) is 8.68. The minimum atomic E-state index is 0.831. The lowest BCUT2D eigenvalue weighted by Crippen LogP contribution is -2.25. The van der Waals surface area contributed by atoms with Crippen LogP contribution in [0.1, 0.15) is 11.1 Å². The third-order valence-electron chi connectivity index (χ3n) is 2.80. The van der Waals surface area contributed by atoms with Crippen molar-refractivity contribution in [3.63, 3.8) is 0 Å². The predicted molar refractivity (Wildman–Crippen MR) is 54.6 cm³/mol. The smallest absolute Gasteiger partial charge is 0.150 e. The summed E-state index contributed by atoms with van der Waals surface area (Å²) in [6.45, 7) is 2.98. The molecule has 2 aliphatic rings. The topological polar surface area (TPSA) is 15.8 Å². The monoisotopic (exact) mass is 187 g/mol. The first-order chi connectivity index (χ1) is 6.92. The minimum absolute atomic E-state index is 0.831. The molecule has 1 aromatic rings. The molecule has 0 bridgehead atoms. The maximum Gasteiger partial charge on any atom is 0.150 e. The van der Waals surface area contributed by atoms with E-state index in [9.17, 15) is 0 Å². The molecule has 2 heteroatoms. The highest BCUT2D eigenvalue weighted by molar-refractivity contribution is 5.29. The molecule has 0 unspecified atom stereocenters. The van der Waals surface area contributed by atoms with Crippen molar-refractivity contribution in [2.75, 3.05) is 13.2 Å². The van der Waals surface area contributed by atoms with Gasteiger partial charge < -0.3 is 9.64 Å². The van der Waals surface area contributed by atoms with Gasteiger partial charge in [0.1, 0.15) is 12.4 Å². The molecule has 3 rings (SSSR count). The molecule has 0 spiro atoms. The molecule has 0 aromatic heterocycles. The lowest BCUT2D eigenvalue weighted by molar-refractivity contribution is 0.346. The Balaban J connectivity index is 1.82. The first-order valence-corrected chi connectivity index (χ1v) is 5.06. The van der Waals surface area contributed by atoms with E-state index in [0.29, 0.717) is 0 Å². The Morgan fingerprint density at radius 1 is 1.21 bits per heavy atom. The quantitative estimate of drug-likeness (QED) is 0.624. The summed E-state index contributed by atoms with van der Waals surface area (Å²) in [5, 5.41) is 0. The highest BCUT2D eigenvalue weighted by Crippen LogP contribution is 2.22. The molecule has 0 radical (unpaired) electrons. The molecule has 0 aliphatic carbocycles. The Kier molecular flexibility index (Phi) is 1.72. The van der Waals surface area contributed by atoms with E-state index in [2.05, 4.69) is 35.4 Å². The van der Waals surface area contributed by atoms with Gasteiger partial charge in [0, 0.05) is 19.3 Å². The summed E-state index contributed by atoms with van der Waals surface area (Å²) >= 11 is 0. The summed E-state index contributed by atoms with van der Waals surface area (Å²) in [7, 11) is 0. The predicted octanol–water partition coefficient (Wildman–Crippen LogP) is 1.92. The number of hydrogen-bond donors (Lipinski definition) is 0. The van der Waals surface area contributed by atoms with Crippen molar-refractivity contribution in [1.29, 1.82) is 0 Å². The molecule has 0 saturated carbocycles. The number of hydrogen-bond acceptors (Lipinski definition) is 2. The van der Waals surface area contributed by atoms with Crippen molar-refractivity contribution < 1.29 is 4.74 Å². The van der Waals surface area contributed by atoms with Gasteiger partial charge in [0.2, 0.25) is 0 Å². The molecule has 14 heavy (non-hydrogen) atoms. The van der Waals surface area contributed by atoms with E-state index < -0.39 is 0 Å². The van der Waals surface area contributed by atoms with Crippen molar-refractivity contribution in [1.82, 2.24) is 4.90 Å². The molecular formula is C12H13NO. The van der Waals surface area contributed by atoms with Crippen LogP contribution in [-0.2, 0) is 17.7 Å². The van der Waals surface area contributed by atoms with Gasteiger partial charge in [-0.3, -0.25) is 0 Å². The van der Waals surface area contributed by atoms with Crippen LogP contribution in [0.5, 0.6) is 0 Å². The van der Waals surface area contributed by atoms with Crippen molar-refractivity contribution in [2.45, 2.75) is 13.0 Å². The molecule has 0 amide bonds. The van der Waals surface area contributed by atoms with E-state index in [1.807, 2.05) is 0 Å². The molecule has 1 saturated heterocycles. The van der Waals surface area contributed by atoms with E-state index in [1.54, 1.807) is 0 Å². The van der Waals surface area contributed by atoms with Crippen molar-refractivity contribution in [3.8, 4) is 0 Å². The zero-order valence-electron chi connectivity index (χ0n) is 8.07. The number of rotatable bonds is 1. The van der Waals surface area contributed by atoms with Gasteiger partial charge in [-0.05, 0) is 17.5 Å². The minimum Gasteiger partial charge on any atom is -0.485 e. The van der Waals surface area contributed by atoms with Gasteiger partial charge in [0.15, 0.2) is 0 Å². The van der Waals surface area contributed by atoms with Crippen LogP contribution in [0.15, 0.2) is 36.2 Å². The number of fused-ring (bicyclic) bond motifs is 1. The summed E-state index contributed by atoms with van der Waals surface area (Å²) in [5.41, 5.74) is 2.95. The van der Waals surface area contributed by atoms with Gasteiger partial charge >= 0.3 is 0 Å². The third kappa shape index (κ3) is 1.48. The van der Waals surface area contributed by atoms with E-state index >= 15 is 0 Å². The van der Waals surface area contributed by atoms with Crippen LogP contribution in [0, 0.1) is 0 Å². The number of nitrogens with zero attached hydrogens (tertiary/aromatic N) is 1. The number of benzene rings is 1. The Bertz CT molecular complexity index is 378. The lowest BCUT2D eigenvalue weighted by atomic mass is 10.0. The fourth-order valence-corrected chi connectivity index (χ4v) is 1.95. The van der Waals surface area contributed by atoms with E-state index in [1.165, 1.54) is 11.1 Å². The van der Waals surface area contributed by atoms with Gasteiger partial charge in [-0.25, -0.2) is 0 Å². The van der Waals surface area contributed by atoms with Gasteiger partial charge in [0.05, 0.1) is 0 Å². The molecule has 1 fully saturated rings. The molecule has 2 aliphatic heterocycles. The lowest BCUT2D eigenvalue weighted by Gasteiger charge is -2.26. The summed E-state index contributed by atoms with van der Waals surface area (Å²) in [5.74, 6) is 1.13. The van der Waals surface area contributed by atoms with Crippen molar-refractivity contribution in [2.24, 2.45) is 0 Å².